The molecule has 0 amide bonds. The van der Waals surface area contributed by atoms with Gasteiger partial charge in [0.25, 0.3) is 0 Å². The summed E-state index contributed by atoms with van der Waals surface area (Å²) in [7, 11) is 4.66. The summed E-state index contributed by atoms with van der Waals surface area (Å²) in [5.74, 6) is 2.80. The first kappa shape index (κ1) is 20.0. The lowest BCUT2D eigenvalue weighted by atomic mass is 10.1. The van der Waals surface area contributed by atoms with Gasteiger partial charge in [-0.2, -0.15) is 0 Å². The normalized spacial score (nSPS) is 10.6. The predicted octanol–water partition coefficient (Wildman–Crippen LogP) is 5.40. The van der Waals surface area contributed by atoms with Crippen molar-refractivity contribution in [3.63, 3.8) is 0 Å². The second-order valence-electron chi connectivity index (χ2n) is 6.09. The standard InChI is InChI=1S/C24H22O5/c1-26-19-11-12-20(23(16-19)27-2)21(25)13-9-17-10-14-22(24(15-17)28-3)29-18-7-5-4-6-8-18/h4-16H,1-3H3/b13-9+. The summed E-state index contributed by atoms with van der Waals surface area (Å²) in [5.41, 5.74) is 1.27. The Bertz CT molecular complexity index is 1010. The van der Waals surface area contributed by atoms with E-state index < -0.39 is 0 Å². The molecule has 0 aliphatic carbocycles. The molecule has 3 aromatic rings. The second kappa shape index (κ2) is 9.46. The van der Waals surface area contributed by atoms with Crippen LogP contribution in [0.1, 0.15) is 15.9 Å². The molecule has 5 heteroatoms. The molecule has 3 rings (SSSR count). The average molecular weight is 390 g/mol. The molecule has 5 nitrogen and oxygen atoms in total. The number of rotatable bonds is 8. The predicted molar refractivity (Wildman–Crippen MR) is 112 cm³/mol. The first-order valence-corrected chi connectivity index (χ1v) is 9.00. The summed E-state index contributed by atoms with van der Waals surface area (Å²) in [6.45, 7) is 0. The summed E-state index contributed by atoms with van der Waals surface area (Å²) >= 11 is 0. The fourth-order valence-corrected chi connectivity index (χ4v) is 2.75. The van der Waals surface area contributed by atoms with Crippen molar-refractivity contribution in [1.29, 1.82) is 0 Å². The molecule has 0 bridgehead atoms. The van der Waals surface area contributed by atoms with Gasteiger partial charge in [-0.1, -0.05) is 30.3 Å². The van der Waals surface area contributed by atoms with E-state index in [0.717, 1.165) is 11.3 Å². The van der Waals surface area contributed by atoms with E-state index in [1.54, 1.807) is 38.5 Å². The number of methoxy groups -OCH3 is 3. The van der Waals surface area contributed by atoms with Crippen molar-refractivity contribution in [2.75, 3.05) is 21.3 Å². The molecule has 0 heterocycles. The van der Waals surface area contributed by atoms with Crippen molar-refractivity contribution < 1.29 is 23.7 Å². The van der Waals surface area contributed by atoms with E-state index in [0.29, 0.717) is 28.6 Å². The Morgan fingerprint density at radius 1 is 0.724 bits per heavy atom. The Hall–Kier alpha value is -3.73. The van der Waals surface area contributed by atoms with E-state index >= 15 is 0 Å². The number of ether oxygens (including phenoxy) is 4. The average Bonchev–Trinajstić information content (AvgIpc) is 2.78. The molecular weight excluding hydrogens is 368 g/mol. The zero-order valence-corrected chi connectivity index (χ0v) is 16.5. The van der Waals surface area contributed by atoms with Crippen LogP contribution in [-0.2, 0) is 0 Å². The van der Waals surface area contributed by atoms with Crippen LogP contribution in [-0.4, -0.2) is 27.1 Å². The number of allylic oxidation sites excluding steroid dienone is 1. The van der Waals surface area contributed by atoms with E-state index in [2.05, 4.69) is 0 Å². The molecule has 0 saturated carbocycles. The molecule has 0 aromatic heterocycles. The Labute approximate surface area is 170 Å². The van der Waals surface area contributed by atoms with Crippen LogP contribution in [0.4, 0.5) is 0 Å². The van der Waals surface area contributed by atoms with Crippen LogP contribution in [0.3, 0.4) is 0 Å². The van der Waals surface area contributed by atoms with Gasteiger partial charge in [-0.05, 0) is 48.0 Å². The Morgan fingerprint density at radius 2 is 1.48 bits per heavy atom. The minimum absolute atomic E-state index is 0.173. The minimum Gasteiger partial charge on any atom is -0.497 e. The van der Waals surface area contributed by atoms with Gasteiger partial charge in [0.05, 0.1) is 26.9 Å². The van der Waals surface area contributed by atoms with Gasteiger partial charge in [-0.3, -0.25) is 4.79 Å². The first-order chi connectivity index (χ1) is 14.1. The van der Waals surface area contributed by atoms with E-state index in [9.17, 15) is 4.79 Å². The summed E-state index contributed by atoms with van der Waals surface area (Å²) in [6.07, 6.45) is 3.22. The van der Waals surface area contributed by atoms with Crippen molar-refractivity contribution >= 4 is 11.9 Å². The molecule has 0 radical (unpaired) electrons. The molecule has 0 atom stereocenters. The molecule has 0 aliphatic rings. The fraction of sp³-hybridized carbons (Fsp3) is 0.125. The zero-order chi connectivity index (χ0) is 20.6. The van der Waals surface area contributed by atoms with Crippen LogP contribution in [0.2, 0.25) is 0 Å². The highest BCUT2D eigenvalue weighted by Gasteiger charge is 2.11. The molecule has 0 unspecified atom stereocenters. The van der Waals surface area contributed by atoms with Crippen LogP contribution in [0.25, 0.3) is 6.08 Å². The van der Waals surface area contributed by atoms with Crippen LogP contribution in [0.5, 0.6) is 28.7 Å². The van der Waals surface area contributed by atoms with E-state index in [1.165, 1.54) is 13.2 Å². The van der Waals surface area contributed by atoms with Crippen molar-refractivity contribution in [2.45, 2.75) is 0 Å². The van der Waals surface area contributed by atoms with Crippen LogP contribution >= 0.6 is 0 Å². The number of hydrogen-bond donors (Lipinski definition) is 0. The molecule has 148 valence electrons. The van der Waals surface area contributed by atoms with E-state index in [1.807, 2.05) is 48.5 Å². The molecule has 0 N–H and O–H groups in total. The van der Waals surface area contributed by atoms with Crippen molar-refractivity contribution in [2.24, 2.45) is 0 Å². The van der Waals surface area contributed by atoms with Crippen LogP contribution in [0.15, 0.2) is 72.8 Å². The highest BCUT2D eigenvalue weighted by Crippen LogP contribution is 2.32. The highest BCUT2D eigenvalue weighted by atomic mass is 16.5. The van der Waals surface area contributed by atoms with Crippen molar-refractivity contribution in [3.8, 4) is 28.7 Å². The number of ketones is 1. The smallest absolute Gasteiger partial charge is 0.189 e. The zero-order valence-electron chi connectivity index (χ0n) is 16.5. The lowest BCUT2D eigenvalue weighted by Crippen LogP contribution is -1.99. The minimum atomic E-state index is -0.173. The topological polar surface area (TPSA) is 54.0 Å². The molecule has 0 spiro atoms. The molecular formula is C24H22O5. The quantitative estimate of drug-likeness (QED) is 0.381. The van der Waals surface area contributed by atoms with Gasteiger partial charge in [0.1, 0.15) is 17.2 Å². The SMILES string of the molecule is COc1ccc(C(=O)/C=C/c2ccc(Oc3ccccc3)c(OC)c2)c(OC)c1. The number of benzene rings is 3. The molecule has 3 aromatic carbocycles. The van der Waals surface area contributed by atoms with Gasteiger partial charge in [-0.15, -0.1) is 0 Å². The third kappa shape index (κ3) is 4.96. The third-order valence-corrected chi connectivity index (χ3v) is 4.26. The Morgan fingerprint density at radius 3 is 2.17 bits per heavy atom. The van der Waals surface area contributed by atoms with Crippen LogP contribution in [0, 0.1) is 0 Å². The fourth-order valence-electron chi connectivity index (χ4n) is 2.75. The Kier molecular flexibility index (Phi) is 6.53. The number of hydrogen-bond acceptors (Lipinski definition) is 5. The summed E-state index contributed by atoms with van der Waals surface area (Å²) in [6, 6.07) is 20.0. The van der Waals surface area contributed by atoms with Crippen molar-refractivity contribution in [1.82, 2.24) is 0 Å². The second-order valence-corrected chi connectivity index (χ2v) is 6.09. The number of para-hydroxylation sites is 1. The van der Waals surface area contributed by atoms with Gasteiger partial charge in [0.2, 0.25) is 0 Å². The summed E-state index contributed by atoms with van der Waals surface area (Å²) in [4.78, 5) is 12.6. The molecule has 0 saturated heterocycles. The summed E-state index contributed by atoms with van der Waals surface area (Å²) < 4.78 is 21.8. The monoisotopic (exact) mass is 390 g/mol. The first-order valence-electron chi connectivity index (χ1n) is 9.00. The van der Waals surface area contributed by atoms with Gasteiger partial charge >= 0.3 is 0 Å². The molecule has 0 fully saturated rings. The Balaban J connectivity index is 1.79. The number of carbonyl (C=O) groups is 1. The highest BCUT2D eigenvalue weighted by molar-refractivity contribution is 6.08. The lowest BCUT2D eigenvalue weighted by molar-refractivity contribution is 0.104. The van der Waals surface area contributed by atoms with Gasteiger partial charge in [0, 0.05) is 6.07 Å². The summed E-state index contributed by atoms with van der Waals surface area (Å²) in [5, 5.41) is 0. The van der Waals surface area contributed by atoms with E-state index in [4.69, 9.17) is 18.9 Å². The van der Waals surface area contributed by atoms with Gasteiger partial charge < -0.3 is 18.9 Å². The third-order valence-electron chi connectivity index (χ3n) is 4.26. The van der Waals surface area contributed by atoms with Crippen LogP contribution < -0.4 is 18.9 Å². The van der Waals surface area contributed by atoms with Crippen molar-refractivity contribution in [3.05, 3.63) is 83.9 Å². The van der Waals surface area contributed by atoms with Gasteiger partial charge in [0.15, 0.2) is 17.3 Å². The largest absolute Gasteiger partial charge is 0.497 e. The molecule has 29 heavy (non-hydrogen) atoms. The van der Waals surface area contributed by atoms with Gasteiger partial charge in [-0.25, -0.2) is 0 Å². The number of carbonyl (C=O) groups excluding carboxylic acids is 1. The molecule has 0 aliphatic heterocycles. The lowest BCUT2D eigenvalue weighted by Gasteiger charge is -2.11. The maximum Gasteiger partial charge on any atom is 0.189 e. The maximum absolute atomic E-state index is 12.6. The van der Waals surface area contributed by atoms with E-state index in [-0.39, 0.29) is 5.78 Å². The maximum atomic E-state index is 12.6.